The average Bonchev–Trinajstić information content (AvgIpc) is 2.33. The molecule has 0 aromatic carbocycles. The lowest BCUT2D eigenvalue weighted by atomic mass is 10.0. The van der Waals surface area contributed by atoms with Crippen molar-refractivity contribution in [1.82, 2.24) is 5.32 Å². The third-order valence-electron chi connectivity index (χ3n) is 2.79. The zero-order valence-corrected chi connectivity index (χ0v) is 6.71. The summed E-state index contributed by atoms with van der Waals surface area (Å²) in [7, 11) is 0. The molecule has 2 atom stereocenters. The van der Waals surface area contributed by atoms with Gasteiger partial charge in [-0.1, -0.05) is 6.08 Å². The second kappa shape index (κ2) is 2.95. The van der Waals surface area contributed by atoms with E-state index < -0.39 is 0 Å². The van der Waals surface area contributed by atoms with E-state index in [0.29, 0.717) is 6.04 Å². The summed E-state index contributed by atoms with van der Waals surface area (Å²) in [6.07, 6.45) is 7.11. The zero-order valence-electron chi connectivity index (χ0n) is 6.71. The van der Waals surface area contributed by atoms with E-state index in [1.807, 2.05) is 0 Å². The summed E-state index contributed by atoms with van der Waals surface area (Å²) in [5.41, 5.74) is 1.21. The molecule has 2 heterocycles. The van der Waals surface area contributed by atoms with E-state index in [0.717, 1.165) is 12.5 Å². The molecule has 2 heteroatoms. The Labute approximate surface area is 67.3 Å². The van der Waals surface area contributed by atoms with Crippen molar-refractivity contribution in [3.05, 3.63) is 11.6 Å². The highest BCUT2D eigenvalue weighted by molar-refractivity contribution is 5.16. The summed E-state index contributed by atoms with van der Waals surface area (Å²) >= 11 is 0. The molecule has 0 spiro atoms. The Kier molecular flexibility index (Phi) is 1.96. The molecular formula is C9H15NO. The smallest absolute Gasteiger partial charge is 0.0656 e. The highest BCUT2D eigenvalue weighted by Gasteiger charge is 2.27. The fourth-order valence-electron chi connectivity index (χ4n) is 2.13. The maximum Gasteiger partial charge on any atom is 0.0656 e. The molecule has 0 radical (unpaired) electrons. The van der Waals surface area contributed by atoms with Gasteiger partial charge in [-0.25, -0.2) is 0 Å². The average molecular weight is 153 g/mol. The van der Waals surface area contributed by atoms with E-state index in [1.165, 1.54) is 24.8 Å². The molecule has 0 aliphatic carbocycles. The van der Waals surface area contributed by atoms with Crippen molar-refractivity contribution in [3.63, 3.8) is 0 Å². The molecule has 1 fully saturated rings. The summed E-state index contributed by atoms with van der Waals surface area (Å²) in [5, 5.41) is 12.6. The van der Waals surface area contributed by atoms with Gasteiger partial charge in [0.1, 0.15) is 0 Å². The minimum absolute atomic E-state index is 0.240. The molecule has 2 bridgehead atoms. The van der Waals surface area contributed by atoms with E-state index >= 15 is 0 Å². The van der Waals surface area contributed by atoms with Crippen LogP contribution in [-0.4, -0.2) is 23.8 Å². The van der Waals surface area contributed by atoms with Gasteiger partial charge in [0.25, 0.3) is 0 Å². The van der Waals surface area contributed by atoms with Crippen molar-refractivity contribution in [1.29, 1.82) is 0 Å². The largest absolute Gasteiger partial charge is 0.392 e. The molecule has 2 rings (SSSR count). The monoisotopic (exact) mass is 153 g/mol. The van der Waals surface area contributed by atoms with Crippen LogP contribution < -0.4 is 5.32 Å². The van der Waals surface area contributed by atoms with Crippen LogP contribution in [0.25, 0.3) is 0 Å². The standard InChI is InChI=1S/C9H15NO/c11-6-7-2-1-3-8-4-5-9(7)10-8/h2,8-11H,1,3-6H2/t8?,9-/m1/s1. The van der Waals surface area contributed by atoms with Crippen LogP contribution in [-0.2, 0) is 0 Å². The van der Waals surface area contributed by atoms with E-state index in [9.17, 15) is 0 Å². The van der Waals surface area contributed by atoms with Crippen LogP contribution >= 0.6 is 0 Å². The Balaban J connectivity index is 2.12. The molecule has 2 N–H and O–H groups in total. The minimum atomic E-state index is 0.240. The Morgan fingerprint density at radius 1 is 1.45 bits per heavy atom. The number of nitrogens with one attached hydrogen (secondary N) is 1. The van der Waals surface area contributed by atoms with Crippen molar-refractivity contribution in [2.24, 2.45) is 0 Å². The highest BCUT2D eigenvalue weighted by Crippen LogP contribution is 2.25. The van der Waals surface area contributed by atoms with Gasteiger partial charge in [0.2, 0.25) is 0 Å². The van der Waals surface area contributed by atoms with Gasteiger partial charge in [-0.15, -0.1) is 0 Å². The third-order valence-corrected chi connectivity index (χ3v) is 2.79. The van der Waals surface area contributed by atoms with Crippen LogP contribution in [0.15, 0.2) is 11.6 Å². The first-order valence-corrected chi connectivity index (χ1v) is 4.46. The first-order valence-electron chi connectivity index (χ1n) is 4.46. The summed E-state index contributed by atoms with van der Waals surface area (Å²) in [5.74, 6) is 0. The van der Waals surface area contributed by atoms with Crippen molar-refractivity contribution >= 4 is 0 Å². The summed E-state index contributed by atoms with van der Waals surface area (Å²) in [6.45, 7) is 0.240. The van der Waals surface area contributed by atoms with E-state index in [1.54, 1.807) is 0 Å². The molecule has 0 aromatic rings. The molecule has 1 saturated heterocycles. The van der Waals surface area contributed by atoms with Gasteiger partial charge in [0.15, 0.2) is 0 Å². The number of hydrogen-bond acceptors (Lipinski definition) is 2. The van der Waals surface area contributed by atoms with Gasteiger partial charge in [-0.05, 0) is 31.3 Å². The van der Waals surface area contributed by atoms with Crippen LogP contribution in [0.1, 0.15) is 25.7 Å². The maximum atomic E-state index is 9.03. The number of aliphatic hydroxyl groups excluding tert-OH is 1. The first kappa shape index (κ1) is 7.32. The van der Waals surface area contributed by atoms with Gasteiger partial charge in [0, 0.05) is 12.1 Å². The van der Waals surface area contributed by atoms with E-state index in [4.69, 9.17) is 5.11 Å². The van der Waals surface area contributed by atoms with Gasteiger partial charge in [-0.3, -0.25) is 0 Å². The molecule has 0 saturated carbocycles. The molecular weight excluding hydrogens is 138 g/mol. The molecule has 2 aliphatic heterocycles. The summed E-state index contributed by atoms with van der Waals surface area (Å²) in [6, 6.07) is 1.22. The first-order chi connectivity index (χ1) is 5.40. The molecule has 2 nitrogen and oxygen atoms in total. The fourth-order valence-corrected chi connectivity index (χ4v) is 2.13. The quantitative estimate of drug-likeness (QED) is 0.547. The summed E-state index contributed by atoms with van der Waals surface area (Å²) in [4.78, 5) is 0. The number of hydrogen-bond donors (Lipinski definition) is 2. The van der Waals surface area contributed by atoms with Gasteiger partial charge < -0.3 is 10.4 Å². The van der Waals surface area contributed by atoms with E-state index in [-0.39, 0.29) is 6.61 Å². The highest BCUT2D eigenvalue weighted by atomic mass is 16.3. The molecule has 0 amide bonds. The second-order valence-electron chi connectivity index (χ2n) is 3.51. The van der Waals surface area contributed by atoms with Crippen LogP contribution in [0, 0.1) is 0 Å². The topological polar surface area (TPSA) is 32.3 Å². The third kappa shape index (κ3) is 1.33. The maximum absolute atomic E-state index is 9.03. The minimum Gasteiger partial charge on any atom is -0.392 e. The van der Waals surface area contributed by atoms with Crippen molar-refractivity contribution < 1.29 is 5.11 Å². The molecule has 62 valence electrons. The van der Waals surface area contributed by atoms with Crippen molar-refractivity contribution in [3.8, 4) is 0 Å². The Hall–Kier alpha value is -0.340. The van der Waals surface area contributed by atoms with Gasteiger partial charge in [-0.2, -0.15) is 0 Å². The van der Waals surface area contributed by atoms with Crippen LogP contribution in [0.4, 0.5) is 0 Å². The second-order valence-corrected chi connectivity index (χ2v) is 3.51. The fraction of sp³-hybridized carbons (Fsp3) is 0.778. The molecule has 1 unspecified atom stereocenters. The molecule has 11 heavy (non-hydrogen) atoms. The lowest BCUT2D eigenvalue weighted by molar-refractivity contribution is 0.319. The number of allylic oxidation sites excluding steroid dienone is 1. The van der Waals surface area contributed by atoms with Crippen molar-refractivity contribution in [2.75, 3.05) is 6.61 Å². The van der Waals surface area contributed by atoms with Crippen LogP contribution in [0.3, 0.4) is 0 Å². The van der Waals surface area contributed by atoms with E-state index in [2.05, 4.69) is 11.4 Å². The Bertz CT molecular complexity index is 176. The van der Waals surface area contributed by atoms with Gasteiger partial charge >= 0.3 is 0 Å². The Morgan fingerprint density at radius 3 is 3.18 bits per heavy atom. The van der Waals surface area contributed by atoms with Crippen LogP contribution in [0.5, 0.6) is 0 Å². The normalized spacial score (nSPS) is 36.6. The zero-order chi connectivity index (χ0) is 7.68. The number of fused-ring (bicyclic) bond motifs is 2. The SMILES string of the molecule is OCC1=CCCC2CC[C@H]1N2. The predicted octanol–water partition coefficient (Wildman–Crippen LogP) is 0.819. The molecule has 2 aliphatic rings. The van der Waals surface area contributed by atoms with Gasteiger partial charge in [0.05, 0.1) is 6.61 Å². The van der Waals surface area contributed by atoms with Crippen LogP contribution in [0.2, 0.25) is 0 Å². The Morgan fingerprint density at radius 2 is 2.36 bits per heavy atom. The van der Waals surface area contributed by atoms with Crippen molar-refractivity contribution in [2.45, 2.75) is 37.8 Å². The lowest BCUT2D eigenvalue weighted by Gasteiger charge is -2.11. The predicted molar refractivity (Wildman–Crippen MR) is 44.3 cm³/mol. The number of aliphatic hydroxyl groups is 1. The number of rotatable bonds is 1. The lowest BCUT2D eigenvalue weighted by Crippen LogP contribution is -2.29. The summed E-state index contributed by atoms with van der Waals surface area (Å²) < 4.78 is 0. The molecule has 0 aromatic heterocycles.